The van der Waals surface area contributed by atoms with Gasteiger partial charge in [0, 0.05) is 0 Å². The highest BCUT2D eigenvalue weighted by atomic mass is 16.5. The van der Waals surface area contributed by atoms with Crippen molar-refractivity contribution in [2.24, 2.45) is 0 Å². The van der Waals surface area contributed by atoms with Gasteiger partial charge in [0.1, 0.15) is 5.76 Å². The Labute approximate surface area is 74.7 Å². The maximum atomic E-state index is 5.17. The summed E-state index contributed by atoms with van der Waals surface area (Å²) in [5.74, 6) is 0.854. The predicted octanol–water partition coefficient (Wildman–Crippen LogP) is 3.23. The lowest BCUT2D eigenvalue weighted by Crippen LogP contribution is -1.87. The van der Waals surface area contributed by atoms with E-state index >= 15 is 0 Å². The predicted molar refractivity (Wildman–Crippen MR) is 53.9 cm³/mol. The summed E-state index contributed by atoms with van der Waals surface area (Å²) >= 11 is 0. The van der Waals surface area contributed by atoms with Crippen LogP contribution in [0.5, 0.6) is 0 Å². The quantitative estimate of drug-likeness (QED) is 0.448. The van der Waals surface area contributed by atoms with Gasteiger partial charge < -0.3 is 4.74 Å². The molecule has 0 bridgehead atoms. The number of rotatable bonds is 5. The summed E-state index contributed by atoms with van der Waals surface area (Å²) in [7, 11) is 1.65. The molecule has 1 heteroatoms. The fourth-order valence-electron chi connectivity index (χ4n) is 0.881. The molecular weight excluding hydrogens is 148 g/mol. The highest BCUT2D eigenvalue weighted by molar-refractivity contribution is 5.28. The van der Waals surface area contributed by atoms with Gasteiger partial charge in [0.2, 0.25) is 0 Å². The molecule has 0 saturated heterocycles. The molecule has 0 aliphatic rings. The third kappa shape index (κ3) is 3.24. The molecule has 0 fully saturated rings. The number of allylic oxidation sites excluding steroid dienone is 5. The van der Waals surface area contributed by atoms with Gasteiger partial charge >= 0.3 is 0 Å². The first-order valence-corrected chi connectivity index (χ1v) is 3.98. The minimum Gasteiger partial charge on any atom is -0.496 e. The fraction of sp³-hybridized carbons (Fsp3) is 0.273. The first kappa shape index (κ1) is 10.8. The third-order valence-electron chi connectivity index (χ3n) is 1.55. The lowest BCUT2D eigenvalue weighted by atomic mass is 10.1. The maximum Gasteiger partial charge on any atom is 0.122 e. The van der Waals surface area contributed by atoms with Crippen LogP contribution in [0.25, 0.3) is 0 Å². The molecule has 12 heavy (non-hydrogen) atoms. The molecule has 0 aliphatic carbocycles. The molecule has 0 aromatic carbocycles. The third-order valence-corrected chi connectivity index (χ3v) is 1.55. The Morgan fingerprint density at radius 2 is 2.08 bits per heavy atom. The first-order valence-electron chi connectivity index (χ1n) is 3.98. The first-order chi connectivity index (χ1) is 5.79. The van der Waals surface area contributed by atoms with Crippen LogP contribution >= 0.6 is 0 Å². The summed E-state index contributed by atoms with van der Waals surface area (Å²) < 4.78 is 5.17. The van der Waals surface area contributed by atoms with E-state index in [0.29, 0.717) is 0 Å². The Hall–Kier alpha value is -1.24. The highest BCUT2D eigenvalue weighted by Crippen LogP contribution is 2.11. The topological polar surface area (TPSA) is 9.23 Å². The van der Waals surface area contributed by atoms with E-state index < -0.39 is 0 Å². The Morgan fingerprint density at radius 1 is 1.42 bits per heavy atom. The van der Waals surface area contributed by atoms with Crippen molar-refractivity contribution >= 4 is 0 Å². The summed E-state index contributed by atoms with van der Waals surface area (Å²) in [6.07, 6.45) is 8.18. The van der Waals surface area contributed by atoms with Crippen LogP contribution in [0.4, 0.5) is 0 Å². The Bertz CT molecular complexity index is 209. The summed E-state index contributed by atoms with van der Waals surface area (Å²) in [4.78, 5) is 0. The highest BCUT2D eigenvalue weighted by Gasteiger charge is 1.96. The van der Waals surface area contributed by atoms with Crippen molar-refractivity contribution in [1.82, 2.24) is 0 Å². The van der Waals surface area contributed by atoms with E-state index in [0.717, 1.165) is 17.8 Å². The molecule has 0 N–H and O–H groups in total. The maximum absolute atomic E-state index is 5.17. The van der Waals surface area contributed by atoms with Crippen LogP contribution in [-0.2, 0) is 4.74 Å². The van der Waals surface area contributed by atoms with Crippen LogP contribution in [0.3, 0.4) is 0 Å². The van der Waals surface area contributed by atoms with Gasteiger partial charge in [-0.3, -0.25) is 0 Å². The Balaban J connectivity index is 4.67. The second-order valence-corrected chi connectivity index (χ2v) is 2.25. The van der Waals surface area contributed by atoms with E-state index in [1.54, 1.807) is 13.2 Å². The number of methoxy groups -OCH3 is 1. The molecule has 0 spiro atoms. The molecule has 0 rings (SSSR count). The van der Waals surface area contributed by atoms with Crippen molar-refractivity contribution in [2.75, 3.05) is 7.11 Å². The molecule has 1 nitrogen and oxygen atoms in total. The zero-order valence-electron chi connectivity index (χ0n) is 7.84. The molecule has 66 valence electrons. The molecule has 0 aromatic heterocycles. The van der Waals surface area contributed by atoms with Crippen molar-refractivity contribution in [3.8, 4) is 0 Å². The smallest absolute Gasteiger partial charge is 0.122 e. The molecule has 0 unspecified atom stereocenters. The number of hydrogen-bond acceptors (Lipinski definition) is 1. The molecule has 0 aliphatic heterocycles. The van der Waals surface area contributed by atoms with Gasteiger partial charge in [-0.15, -0.1) is 0 Å². The summed E-state index contributed by atoms with van der Waals surface area (Å²) in [5, 5.41) is 0. The molecule has 0 heterocycles. The second-order valence-electron chi connectivity index (χ2n) is 2.25. The summed E-state index contributed by atoms with van der Waals surface area (Å²) in [6, 6.07) is 0. The van der Waals surface area contributed by atoms with E-state index in [4.69, 9.17) is 4.74 Å². The van der Waals surface area contributed by atoms with Gasteiger partial charge in [-0.05, 0) is 18.1 Å². The normalized spacial score (nSPS) is 12.5. The molecule has 0 amide bonds. The molecular formula is C11H16O. The van der Waals surface area contributed by atoms with E-state index in [2.05, 4.69) is 20.1 Å². The average molecular weight is 164 g/mol. The van der Waals surface area contributed by atoms with Crippen LogP contribution in [0, 0.1) is 0 Å². The van der Waals surface area contributed by atoms with E-state index in [-0.39, 0.29) is 0 Å². The van der Waals surface area contributed by atoms with E-state index in [1.165, 1.54) is 0 Å². The summed E-state index contributed by atoms with van der Waals surface area (Å²) in [6.45, 7) is 9.37. The van der Waals surface area contributed by atoms with Crippen LogP contribution < -0.4 is 0 Å². The van der Waals surface area contributed by atoms with Gasteiger partial charge in [0.05, 0.1) is 7.11 Å². The SMILES string of the molecule is C=C/C=C\C(OC)=C(/C=C)CC. The van der Waals surface area contributed by atoms with Crippen molar-refractivity contribution in [2.45, 2.75) is 13.3 Å². The van der Waals surface area contributed by atoms with Crippen molar-refractivity contribution < 1.29 is 4.74 Å². The van der Waals surface area contributed by atoms with E-state index in [9.17, 15) is 0 Å². The van der Waals surface area contributed by atoms with Gasteiger partial charge in [-0.2, -0.15) is 0 Å². The molecule has 0 radical (unpaired) electrons. The molecule has 0 aromatic rings. The summed E-state index contributed by atoms with van der Waals surface area (Å²) in [5.41, 5.74) is 1.11. The second kappa shape index (κ2) is 6.47. The van der Waals surface area contributed by atoms with E-state index in [1.807, 2.05) is 18.2 Å². The van der Waals surface area contributed by atoms with Crippen molar-refractivity contribution in [1.29, 1.82) is 0 Å². The zero-order valence-corrected chi connectivity index (χ0v) is 7.84. The van der Waals surface area contributed by atoms with Gasteiger partial charge in [0.25, 0.3) is 0 Å². The van der Waals surface area contributed by atoms with Crippen molar-refractivity contribution in [3.05, 3.63) is 48.8 Å². The lowest BCUT2D eigenvalue weighted by molar-refractivity contribution is 0.302. The standard InChI is InChI=1S/C11H16O/c1-5-8-9-11(12-4)10(6-2)7-3/h5-6,8-9H,1-2,7H2,3-4H3/b9-8-,11-10-. The fourth-order valence-corrected chi connectivity index (χ4v) is 0.881. The van der Waals surface area contributed by atoms with Crippen molar-refractivity contribution in [3.63, 3.8) is 0 Å². The monoisotopic (exact) mass is 164 g/mol. The van der Waals surface area contributed by atoms with Crippen LogP contribution in [-0.4, -0.2) is 7.11 Å². The Kier molecular flexibility index (Phi) is 5.80. The average Bonchev–Trinajstić information content (AvgIpc) is 2.12. The zero-order chi connectivity index (χ0) is 9.40. The van der Waals surface area contributed by atoms with Gasteiger partial charge in [0.15, 0.2) is 0 Å². The van der Waals surface area contributed by atoms with Gasteiger partial charge in [-0.25, -0.2) is 0 Å². The number of ether oxygens (including phenoxy) is 1. The van der Waals surface area contributed by atoms with Crippen LogP contribution in [0.15, 0.2) is 48.8 Å². The number of hydrogen-bond donors (Lipinski definition) is 0. The lowest BCUT2D eigenvalue weighted by Gasteiger charge is -2.04. The van der Waals surface area contributed by atoms with Crippen LogP contribution in [0.1, 0.15) is 13.3 Å². The largest absolute Gasteiger partial charge is 0.496 e. The van der Waals surface area contributed by atoms with Crippen LogP contribution in [0.2, 0.25) is 0 Å². The molecule has 0 atom stereocenters. The minimum atomic E-state index is 0.854. The molecule has 0 saturated carbocycles. The Morgan fingerprint density at radius 3 is 2.42 bits per heavy atom. The van der Waals surface area contributed by atoms with Gasteiger partial charge in [-0.1, -0.05) is 38.3 Å². The minimum absolute atomic E-state index is 0.854.